The molecule has 1 N–H and O–H groups in total. The molecule has 0 aliphatic carbocycles. The minimum atomic E-state index is 0.907. The Morgan fingerprint density at radius 3 is 2.70 bits per heavy atom. The summed E-state index contributed by atoms with van der Waals surface area (Å²) < 4.78 is 0. The van der Waals surface area contributed by atoms with E-state index in [1.54, 1.807) is 22.7 Å². The number of aromatic nitrogens is 2. The fourth-order valence-corrected chi connectivity index (χ4v) is 3.83. The molecule has 0 unspecified atom stereocenters. The fourth-order valence-electron chi connectivity index (χ4n) is 1.88. The summed E-state index contributed by atoms with van der Waals surface area (Å²) in [5, 5.41) is 7.60. The van der Waals surface area contributed by atoms with Crippen LogP contribution < -0.4 is 5.32 Å². The maximum Gasteiger partial charge on any atom is 0.183 e. The van der Waals surface area contributed by atoms with Gasteiger partial charge in [-0.25, -0.2) is 9.97 Å². The highest BCUT2D eigenvalue weighted by molar-refractivity contribution is 7.16. The third kappa shape index (κ3) is 3.77. The molecule has 2 rings (SSSR count). The van der Waals surface area contributed by atoms with Crippen LogP contribution >= 0.6 is 22.7 Å². The van der Waals surface area contributed by atoms with Gasteiger partial charge >= 0.3 is 0 Å². The van der Waals surface area contributed by atoms with Crippen LogP contribution in [0.1, 0.15) is 24.5 Å². The average Bonchev–Trinajstić information content (AvgIpc) is 3.02. The first-order chi connectivity index (χ1) is 9.63. The molecule has 0 spiro atoms. The summed E-state index contributed by atoms with van der Waals surface area (Å²) in [6, 6.07) is 0. The lowest BCUT2D eigenvalue weighted by atomic mass is 10.2. The monoisotopic (exact) mass is 310 g/mol. The Hall–Kier alpha value is -0.980. The zero-order valence-electron chi connectivity index (χ0n) is 12.6. The van der Waals surface area contributed by atoms with Crippen molar-refractivity contribution < 1.29 is 0 Å². The van der Waals surface area contributed by atoms with Gasteiger partial charge in [-0.05, 0) is 27.4 Å². The molecule has 110 valence electrons. The van der Waals surface area contributed by atoms with Gasteiger partial charge in [0.25, 0.3) is 0 Å². The lowest BCUT2D eigenvalue weighted by Crippen LogP contribution is -2.14. The lowest BCUT2D eigenvalue weighted by Gasteiger charge is -2.06. The Bertz CT molecular complexity index is 545. The first-order valence-corrected chi connectivity index (χ1v) is 8.66. The molecule has 0 bridgehead atoms. The quantitative estimate of drug-likeness (QED) is 0.851. The Kier molecular flexibility index (Phi) is 5.51. The number of anilines is 1. The highest BCUT2D eigenvalue weighted by Gasteiger charge is 2.14. The van der Waals surface area contributed by atoms with E-state index in [-0.39, 0.29) is 0 Å². The number of likely N-dealkylation sites (N-methyl/N-ethyl adjacent to an activating group) is 1. The maximum atomic E-state index is 4.77. The Morgan fingerprint density at radius 2 is 2.05 bits per heavy atom. The zero-order chi connectivity index (χ0) is 14.5. The molecule has 0 aliphatic heterocycles. The van der Waals surface area contributed by atoms with E-state index < -0.39 is 0 Å². The molecule has 0 fully saturated rings. The molecule has 0 amide bonds. The molecule has 4 nitrogen and oxygen atoms in total. The van der Waals surface area contributed by atoms with Crippen molar-refractivity contribution in [2.24, 2.45) is 0 Å². The van der Waals surface area contributed by atoms with Crippen LogP contribution in [0.15, 0.2) is 5.38 Å². The molecule has 2 aromatic rings. The number of hydrogen-bond donors (Lipinski definition) is 1. The van der Waals surface area contributed by atoms with Gasteiger partial charge in [0.05, 0.1) is 21.3 Å². The molecule has 0 aliphatic rings. The predicted molar refractivity (Wildman–Crippen MR) is 89.0 cm³/mol. The fraction of sp³-hybridized carbons (Fsp3) is 0.571. The molecule has 2 aromatic heterocycles. The Labute approximate surface area is 128 Å². The second-order valence-corrected chi connectivity index (χ2v) is 6.80. The molecular formula is C14H22N4S2. The van der Waals surface area contributed by atoms with Gasteiger partial charge in [-0.3, -0.25) is 0 Å². The standard InChI is InChI=1S/C14H22N4S2/c1-5-10-13(11-9-19-14(17-11)15-6-2)20-12(16-10)7-8-18(3)4/h9H,5-8H2,1-4H3,(H,15,17). The van der Waals surface area contributed by atoms with Crippen molar-refractivity contribution in [1.82, 2.24) is 14.9 Å². The first-order valence-electron chi connectivity index (χ1n) is 6.97. The lowest BCUT2D eigenvalue weighted by molar-refractivity contribution is 0.413. The van der Waals surface area contributed by atoms with Crippen LogP contribution in [0.25, 0.3) is 10.6 Å². The first kappa shape index (κ1) is 15.4. The van der Waals surface area contributed by atoms with Crippen molar-refractivity contribution in [3.05, 3.63) is 16.1 Å². The van der Waals surface area contributed by atoms with Crippen LogP contribution in [0, 0.1) is 0 Å². The van der Waals surface area contributed by atoms with Gasteiger partial charge in [-0.15, -0.1) is 22.7 Å². The van der Waals surface area contributed by atoms with Gasteiger partial charge in [0, 0.05) is 24.9 Å². The minimum absolute atomic E-state index is 0.907. The second kappa shape index (κ2) is 7.15. The summed E-state index contributed by atoms with van der Waals surface area (Å²) in [5.41, 5.74) is 2.24. The topological polar surface area (TPSA) is 41.1 Å². The maximum absolute atomic E-state index is 4.77. The van der Waals surface area contributed by atoms with E-state index in [2.05, 4.69) is 48.5 Å². The normalized spacial score (nSPS) is 11.2. The molecule has 2 heterocycles. The number of nitrogens with one attached hydrogen (secondary N) is 1. The van der Waals surface area contributed by atoms with Crippen molar-refractivity contribution in [2.75, 3.05) is 32.5 Å². The van der Waals surface area contributed by atoms with Gasteiger partial charge in [-0.2, -0.15) is 0 Å². The van der Waals surface area contributed by atoms with Gasteiger partial charge in [0.1, 0.15) is 0 Å². The van der Waals surface area contributed by atoms with Crippen molar-refractivity contribution >= 4 is 27.8 Å². The molecular weight excluding hydrogens is 288 g/mol. The molecule has 0 aromatic carbocycles. The van der Waals surface area contributed by atoms with Crippen LogP contribution in [0.5, 0.6) is 0 Å². The molecule has 0 saturated heterocycles. The summed E-state index contributed by atoms with van der Waals surface area (Å²) in [4.78, 5) is 12.9. The van der Waals surface area contributed by atoms with Crippen molar-refractivity contribution in [2.45, 2.75) is 26.7 Å². The highest BCUT2D eigenvalue weighted by atomic mass is 32.1. The van der Waals surface area contributed by atoms with E-state index in [4.69, 9.17) is 4.98 Å². The highest BCUT2D eigenvalue weighted by Crippen LogP contribution is 2.33. The van der Waals surface area contributed by atoms with Crippen LogP contribution in [-0.4, -0.2) is 42.1 Å². The Balaban J connectivity index is 2.20. The van der Waals surface area contributed by atoms with Crippen molar-refractivity contribution in [3.63, 3.8) is 0 Å². The van der Waals surface area contributed by atoms with Crippen LogP contribution in [0.4, 0.5) is 5.13 Å². The van der Waals surface area contributed by atoms with Crippen LogP contribution in [-0.2, 0) is 12.8 Å². The third-order valence-electron chi connectivity index (χ3n) is 2.91. The largest absolute Gasteiger partial charge is 0.362 e. The number of aryl methyl sites for hydroxylation is 1. The van der Waals surface area contributed by atoms with E-state index in [0.717, 1.165) is 36.8 Å². The van der Waals surface area contributed by atoms with Crippen LogP contribution in [0.2, 0.25) is 0 Å². The SMILES string of the molecule is CCNc1nc(-c2sc(CCN(C)C)nc2CC)cs1. The van der Waals surface area contributed by atoms with Gasteiger partial charge in [-0.1, -0.05) is 6.92 Å². The molecule has 0 saturated carbocycles. The van der Waals surface area contributed by atoms with E-state index in [1.165, 1.54) is 15.6 Å². The second-order valence-electron chi connectivity index (χ2n) is 4.86. The van der Waals surface area contributed by atoms with Crippen molar-refractivity contribution in [3.8, 4) is 10.6 Å². The smallest absolute Gasteiger partial charge is 0.183 e. The number of rotatable bonds is 7. The van der Waals surface area contributed by atoms with Gasteiger partial charge in [0.2, 0.25) is 0 Å². The van der Waals surface area contributed by atoms with E-state index in [9.17, 15) is 0 Å². The number of thiazole rings is 2. The van der Waals surface area contributed by atoms with Crippen molar-refractivity contribution in [1.29, 1.82) is 0 Å². The summed E-state index contributed by atoms with van der Waals surface area (Å²) >= 11 is 3.45. The summed E-state index contributed by atoms with van der Waals surface area (Å²) in [6.45, 7) is 6.19. The van der Waals surface area contributed by atoms with E-state index >= 15 is 0 Å². The summed E-state index contributed by atoms with van der Waals surface area (Å²) in [6.07, 6.45) is 1.97. The van der Waals surface area contributed by atoms with Crippen LogP contribution in [0.3, 0.4) is 0 Å². The predicted octanol–water partition coefficient (Wildman–Crippen LogP) is 3.36. The van der Waals surface area contributed by atoms with E-state index in [0.29, 0.717) is 0 Å². The molecule has 0 atom stereocenters. The third-order valence-corrected chi connectivity index (χ3v) is 4.89. The zero-order valence-corrected chi connectivity index (χ0v) is 14.2. The molecule has 0 radical (unpaired) electrons. The summed E-state index contributed by atoms with van der Waals surface area (Å²) in [7, 11) is 4.19. The number of hydrogen-bond acceptors (Lipinski definition) is 6. The van der Waals surface area contributed by atoms with E-state index in [1.807, 2.05) is 0 Å². The molecule has 6 heteroatoms. The number of nitrogens with zero attached hydrogens (tertiary/aromatic N) is 3. The van der Waals surface area contributed by atoms with Gasteiger partial charge < -0.3 is 10.2 Å². The summed E-state index contributed by atoms with van der Waals surface area (Å²) in [5.74, 6) is 0. The minimum Gasteiger partial charge on any atom is -0.362 e. The Morgan fingerprint density at radius 1 is 1.25 bits per heavy atom. The molecule has 20 heavy (non-hydrogen) atoms. The average molecular weight is 310 g/mol. The van der Waals surface area contributed by atoms with Gasteiger partial charge in [0.15, 0.2) is 5.13 Å².